The van der Waals surface area contributed by atoms with Crippen molar-refractivity contribution in [3.63, 3.8) is 0 Å². The molecule has 1 atom stereocenters. The highest BCUT2D eigenvalue weighted by Crippen LogP contribution is 2.32. The molecule has 6 nitrogen and oxygen atoms in total. The smallest absolute Gasteiger partial charge is 0.387 e. The Morgan fingerprint density at radius 3 is 2.78 bits per heavy atom. The predicted molar refractivity (Wildman–Crippen MR) is 97.2 cm³/mol. The van der Waals surface area contributed by atoms with Crippen LogP contribution in [0, 0.1) is 0 Å². The van der Waals surface area contributed by atoms with Crippen molar-refractivity contribution in [3.05, 3.63) is 29.3 Å². The van der Waals surface area contributed by atoms with Crippen LogP contribution in [0.15, 0.2) is 18.2 Å². The lowest BCUT2D eigenvalue weighted by molar-refractivity contribution is -0.0499. The average Bonchev–Trinajstić information content (AvgIpc) is 2.66. The van der Waals surface area contributed by atoms with Gasteiger partial charge >= 0.3 is 12.6 Å². The molecule has 1 aromatic rings. The van der Waals surface area contributed by atoms with Gasteiger partial charge in [-0.1, -0.05) is 6.07 Å². The molecule has 27 heavy (non-hydrogen) atoms. The van der Waals surface area contributed by atoms with Crippen molar-refractivity contribution in [2.45, 2.75) is 31.9 Å². The molecule has 3 rings (SSSR count). The van der Waals surface area contributed by atoms with E-state index in [0.29, 0.717) is 19.7 Å². The third-order valence-electron chi connectivity index (χ3n) is 5.22. The SMILES string of the molecule is COCCN1CCN(C(=O)NC2CCCc3cc(OC(F)F)ccc32)CC1. The molecule has 0 bridgehead atoms. The molecule has 0 spiro atoms. The second-order valence-electron chi connectivity index (χ2n) is 6.95. The fourth-order valence-corrected chi connectivity index (χ4v) is 3.75. The van der Waals surface area contributed by atoms with E-state index in [0.717, 1.165) is 50.0 Å². The van der Waals surface area contributed by atoms with E-state index in [1.807, 2.05) is 4.90 Å². The minimum atomic E-state index is -2.83. The molecule has 0 saturated carbocycles. The summed E-state index contributed by atoms with van der Waals surface area (Å²) < 4.78 is 34.4. The number of amides is 2. The van der Waals surface area contributed by atoms with Crippen molar-refractivity contribution in [1.82, 2.24) is 15.1 Å². The normalized spacial score (nSPS) is 20.4. The van der Waals surface area contributed by atoms with Crippen LogP contribution in [-0.2, 0) is 11.2 Å². The topological polar surface area (TPSA) is 54.0 Å². The lowest BCUT2D eigenvalue weighted by Gasteiger charge is -2.36. The highest BCUT2D eigenvalue weighted by atomic mass is 19.3. The van der Waals surface area contributed by atoms with E-state index in [2.05, 4.69) is 15.0 Å². The minimum absolute atomic E-state index is 0.0628. The molecule has 0 radical (unpaired) electrons. The van der Waals surface area contributed by atoms with Crippen LogP contribution in [0.2, 0.25) is 0 Å². The number of nitrogens with one attached hydrogen (secondary N) is 1. The monoisotopic (exact) mass is 383 g/mol. The van der Waals surface area contributed by atoms with Gasteiger partial charge in [0.1, 0.15) is 5.75 Å². The summed E-state index contributed by atoms with van der Waals surface area (Å²) in [5, 5.41) is 3.12. The number of hydrogen-bond acceptors (Lipinski definition) is 4. The Labute approximate surface area is 158 Å². The van der Waals surface area contributed by atoms with Crippen LogP contribution in [-0.4, -0.2) is 68.9 Å². The van der Waals surface area contributed by atoms with Crippen molar-refractivity contribution in [2.24, 2.45) is 0 Å². The van der Waals surface area contributed by atoms with Crippen molar-refractivity contribution >= 4 is 6.03 Å². The lowest BCUT2D eigenvalue weighted by Crippen LogP contribution is -2.52. The summed E-state index contributed by atoms with van der Waals surface area (Å²) in [6.45, 7) is 1.81. The van der Waals surface area contributed by atoms with Gasteiger partial charge in [0.2, 0.25) is 0 Å². The van der Waals surface area contributed by atoms with Gasteiger partial charge in [0.15, 0.2) is 0 Å². The number of fused-ring (bicyclic) bond motifs is 1. The number of urea groups is 1. The van der Waals surface area contributed by atoms with E-state index in [4.69, 9.17) is 4.74 Å². The maximum atomic E-state index is 12.7. The molecule has 0 aromatic heterocycles. The van der Waals surface area contributed by atoms with Gasteiger partial charge in [0.05, 0.1) is 12.6 Å². The van der Waals surface area contributed by atoms with Crippen molar-refractivity contribution in [2.75, 3.05) is 46.4 Å². The van der Waals surface area contributed by atoms with Gasteiger partial charge in [-0.05, 0) is 42.5 Å². The standard InChI is InChI=1S/C19H27F2N3O3/c1-26-12-11-23-7-9-24(10-8-23)19(25)22-17-4-2-3-14-13-15(27-18(20)21)5-6-16(14)17/h5-6,13,17-18H,2-4,7-12H2,1H3,(H,22,25). The number of aryl methyl sites for hydroxylation is 1. The van der Waals surface area contributed by atoms with Crippen LogP contribution in [0.25, 0.3) is 0 Å². The molecule has 150 valence electrons. The molecule has 2 amide bonds. The van der Waals surface area contributed by atoms with Crippen LogP contribution < -0.4 is 10.1 Å². The van der Waals surface area contributed by atoms with Crippen LogP contribution in [0.4, 0.5) is 13.6 Å². The lowest BCUT2D eigenvalue weighted by atomic mass is 9.87. The van der Waals surface area contributed by atoms with E-state index in [1.54, 1.807) is 25.3 Å². The summed E-state index contributed by atoms with van der Waals surface area (Å²) in [6, 6.07) is 4.85. The largest absolute Gasteiger partial charge is 0.435 e. The fraction of sp³-hybridized carbons (Fsp3) is 0.632. The molecule has 1 saturated heterocycles. The number of alkyl halides is 2. The van der Waals surface area contributed by atoms with Crippen molar-refractivity contribution in [1.29, 1.82) is 0 Å². The Morgan fingerprint density at radius 2 is 2.07 bits per heavy atom. The Balaban J connectivity index is 1.57. The fourth-order valence-electron chi connectivity index (χ4n) is 3.75. The van der Waals surface area contributed by atoms with Crippen LogP contribution in [0.1, 0.15) is 30.0 Å². The van der Waals surface area contributed by atoms with Gasteiger partial charge in [-0.15, -0.1) is 0 Å². The van der Waals surface area contributed by atoms with Crippen molar-refractivity contribution in [3.8, 4) is 5.75 Å². The molecule has 1 heterocycles. The second kappa shape index (κ2) is 9.32. The number of benzene rings is 1. The number of piperazine rings is 1. The zero-order valence-corrected chi connectivity index (χ0v) is 15.6. The van der Waals surface area contributed by atoms with Gasteiger partial charge in [0.25, 0.3) is 0 Å². The van der Waals surface area contributed by atoms with E-state index in [-0.39, 0.29) is 17.8 Å². The highest BCUT2D eigenvalue weighted by Gasteiger charge is 2.26. The molecular formula is C19H27F2N3O3. The highest BCUT2D eigenvalue weighted by molar-refractivity contribution is 5.75. The van der Waals surface area contributed by atoms with Crippen LogP contribution >= 0.6 is 0 Å². The number of carbonyl (C=O) groups excluding carboxylic acids is 1. The number of rotatable bonds is 6. The first-order valence-corrected chi connectivity index (χ1v) is 9.41. The molecule has 1 N–H and O–H groups in total. The minimum Gasteiger partial charge on any atom is -0.435 e. The van der Waals surface area contributed by atoms with Gasteiger partial charge in [0, 0.05) is 39.8 Å². The third kappa shape index (κ3) is 5.29. The number of carbonyl (C=O) groups is 1. The molecule has 1 aliphatic carbocycles. The molecule has 1 aromatic carbocycles. The summed E-state index contributed by atoms with van der Waals surface area (Å²) in [4.78, 5) is 16.8. The third-order valence-corrected chi connectivity index (χ3v) is 5.22. The maximum Gasteiger partial charge on any atom is 0.387 e. The Hall–Kier alpha value is -1.93. The number of nitrogens with zero attached hydrogens (tertiary/aromatic N) is 2. The molecule has 8 heteroatoms. The zero-order valence-electron chi connectivity index (χ0n) is 15.6. The molecule has 1 unspecified atom stereocenters. The summed E-state index contributed by atoms with van der Waals surface area (Å²) in [5.74, 6) is 0.169. The predicted octanol–water partition coefficient (Wildman–Crippen LogP) is 2.64. The first-order chi connectivity index (χ1) is 13.1. The number of methoxy groups -OCH3 is 1. The summed E-state index contributed by atoms with van der Waals surface area (Å²) in [6.07, 6.45) is 2.56. The van der Waals surface area contributed by atoms with Crippen LogP contribution in [0.5, 0.6) is 5.75 Å². The maximum absolute atomic E-state index is 12.7. The molecule has 1 aliphatic heterocycles. The first-order valence-electron chi connectivity index (χ1n) is 9.41. The van der Waals surface area contributed by atoms with Gasteiger partial charge in [-0.2, -0.15) is 8.78 Å². The van der Waals surface area contributed by atoms with E-state index >= 15 is 0 Å². The Kier molecular flexibility index (Phi) is 6.84. The van der Waals surface area contributed by atoms with E-state index in [9.17, 15) is 13.6 Å². The van der Waals surface area contributed by atoms with Gasteiger partial charge in [-0.3, -0.25) is 4.90 Å². The van der Waals surface area contributed by atoms with Crippen molar-refractivity contribution < 1.29 is 23.0 Å². The first kappa shape index (κ1) is 19.8. The number of hydrogen-bond donors (Lipinski definition) is 1. The number of halogens is 2. The van der Waals surface area contributed by atoms with E-state index < -0.39 is 6.61 Å². The molecular weight excluding hydrogens is 356 g/mol. The zero-order chi connectivity index (χ0) is 19.2. The Bertz CT molecular complexity index is 637. The quantitative estimate of drug-likeness (QED) is 0.821. The summed E-state index contributed by atoms with van der Waals surface area (Å²) in [5.41, 5.74) is 1.96. The average molecular weight is 383 g/mol. The number of ether oxygens (including phenoxy) is 2. The van der Waals surface area contributed by atoms with Gasteiger partial charge in [-0.25, -0.2) is 4.79 Å². The van der Waals surface area contributed by atoms with E-state index in [1.165, 1.54) is 0 Å². The molecule has 2 aliphatic rings. The Morgan fingerprint density at radius 1 is 1.30 bits per heavy atom. The summed E-state index contributed by atoms with van der Waals surface area (Å²) in [7, 11) is 1.69. The summed E-state index contributed by atoms with van der Waals surface area (Å²) >= 11 is 0. The van der Waals surface area contributed by atoms with Gasteiger partial charge < -0.3 is 19.7 Å². The second-order valence-corrected chi connectivity index (χ2v) is 6.95. The van der Waals surface area contributed by atoms with Crippen LogP contribution in [0.3, 0.4) is 0 Å². The molecule has 1 fully saturated rings.